The first-order valence-electron chi connectivity index (χ1n) is 5.24. The highest BCUT2D eigenvalue weighted by Crippen LogP contribution is 2.33. The molecule has 2 heterocycles. The van der Waals surface area contributed by atoms with Gasteiger partial charge in [0, 0.05) is 17.8 Å². The summed E-state index contributed by atoms with van der Waals surface area (Å²) in [4.78, 5) is 16.0. The number of anilines is 1. The van der Waals surface area contributed by atoms with Gasteiger partial charge in [-0.3, -0.25) is 4.98 Å². The van der Waals surface area contributed by atoms with Crippen molar-refractivity contribution in [3.8, 4) is 0 Å². The van der Waals surface area contributed by atoms with E-state index in [9.17, 15) is 4.79 Å². The molecule has 0 unspecified atom stereocenters. The number of pyridine rings is 1. The summed E-state index contributed by atoms with van der Waals surface area (Å²) < 4.78 is 6.23. The van der Waals surface area contributed by atoms with Crippen LogP contribution in [-0.2, 0) is 4.74 Å². The molecule has 0 bridgehead atoms. The molecule has 4 nitrogen and oxygen atoms in total. The lowest BCUT2D eigenvalue weighted by atomic mass is 10.1. The number of hydrogen-bond donors (Lipinski definition) is 1. The van der Waals surface area contributed by atoms with Crippen molar-refractivity contribution in [2.75, 3.05) is 5.73 Å². The van der Waals surface area contributed by atoms with Crippen LogP contribution in [0.5, 0.6) is 0 Å². The van der Waals surface area contributed by atoms with Crippen molar-refractivity contribution >= 4 is 32.4 Å². The van der Waals surface area contributed by atoms with Crippen LogP contribution < -0.4 is 5.73 Å². The second-order valence-corrected chi connectivity index (χ2v) is 5.80. The maximum Gasteiger partial charge on any atom is 0.342 e. The fourth-order valence-electron chi connectivity index (χ4n) is 1.51. The van der Waals surface area contributed by atoms with Crippen LogP contribution in [0.15, 0.2) is 18.5 Å². The normalized spacial score (nSPS) is 11.7. The molecule has 2 rings (SSSR count). The van der Waals surface area contributed by atoms with Crippen molar-refractivity contribution in [3.63, 3.8) is 0 Å². The molecule has 0 fully saturated rings. The Morgan fingerprint density at radius 3 is 2.82 bits per heavy atom. The Balaban J connectivity index is 2.48. The fourth-order valence-corrected chi connectivity index (χ4v) is 2.44. The number of thiophene rings is 1. The van der Waals surface area contributed by atoms with Crippen LogP contribution in [-0.4, -0.2) is 16.6 Å². The Kier molecular flexibility index (Phi) is 2.79. The number of nitrogens with two attached hydrogens (primary N) is 1. The molecular weight excluding hydrogens is 236 g/mol. The summed E-state index contributed by atoms with van der Waals surface area (Å²) >= 11 is 1.35. The molecule has 0 saturated carbocycles. The molecule has 5 heteroatoms. The Bertz CT molecular complexity index is 569. The molecule has 0 aliphatic heterocycles. The number of rotatable bonds is 1. The molecule has 2 N–H and O–H groups in total. The first-order chi connectivity index (χ1) is 7.88. The SMILES string of the molecule is CC(C)(C)OC(=O)c1c(N)sc2cnccc12. The fraction of sp³-hybridized carbons (Fsp3) is 0.333. The number of esters is 1. The van der Waals surface area contributed by atoms with Crippen LogP contribution in [0.2, 0.25) is 0 Å². The van der Waals surface area contributed by atoms with E-state index < -0.39 is 5.60 Å². The predicted molar refractivity (Wildman–Crippen MR) is 69.2 cm³/mol. The van der Waals surface area contributed by atoms with Gasteiger partial charge in [0.15, 0.2) is 0 Å². The summed E-state index contributed by atoms with van der Waals surface area (Å²) in [6, 6.07) is 1.78. The molecular formula is C12H14N2O2S. The van der Waals surface area contributed by atoms with Gasteiger partial charge in [0.25, 0.3) is 0 Å². The summed E-state index contributed by atoms with van der Waals surface area (Å²) in [7, 11) is 0. The Morgan fingerprint density at radius 2 is 2.18 bits per heavy atom. The average Bonchev–Trinajstić information content (AvgIpc) is 2.50. The van der Waals surface area contributed by atoms with Gasteiger partial charge in [0.05, 0.1) is 4.70 Å². The maximum absolute atomic E-state index is 12.0. The van der Waals surface area contributed by atoms with E-state index in [-0.39, 0.29) is 5.97 Å². The van der Waals surface area contributed by atoms with E-state index in [0.717, 1.165) is 10.1 Å². The van der Waals surface area contributed by atoms with Gasteiger partial charge in [0.2, 0.25) is 0 Å². The number of nitrogens with zero attached hydrogens (tertiary/aromatic N) is 1. The number of ether oxygens (including phenoxy) is 1. The Morgan fingerprint density at radius 1 is 1.47 bits per heavy atom. The molecule has 0 aliphatic rings. The molecule has 0 aliphatic carbocycles. The highest BCUT2D eigenvalue weighted by atomic mass is 32.1. The molecule has 0 saturated heterocycles. The standard InChI is InChI=1S/C12H14N2O2S/c1-12(2,3)16-11(15)9-7-4-5-14-6-8(7)17-10(9)13/h4-6H,13H2,1-3H3. The Labute approximate surface area is 103 Å². The third-order valence-corrected chi connectivity index (χ3v) is 3.09. The van der Waals surface area contributed by atoms with E-state index in [4.69, 9.17) is 10.5 Å². The summed E-state index contributed by atoms with van der Waals surface area (Å²) in [6.45, 7) is 5.49. The van der Waals surface area contributed by atoms with Crippen molar-refractivity contribution in [1.29, 1.82) is 0 Å². The van der Waals surface area contributed by atoms with Crippen LogP contribution in [0.25, 0.3) is 10.1 Å². The highest BCUT2D eigenvalue weighted by molar-refractivity contribution is 7.23. The topological polar surface area (TPSA) is 65.2 Å². The van der Waals surface area contributed by atoms with Crippen molar-refractivity contribution in [2.45, 2.75) is 26.4 Å². The van der Waals surface area contributed by atoms with Crippen molar-refractivity contribution in [3.05, 3.63) is 24.0 Å². The van der Waals surface area contributed by atoms with Crippen molar-refractivity contribution in [1.82, 2.24) is 4.98 Å². The molecule has 0 aromatic carbocycles. The molecule has 0 amide bonds. The zero-order chi connectivity index (χ0) is 12.6. The van der Waals surface area contributed by atoms with E-state index in [1.807, 2.05) is 20.8 Å². The smallest absolute Gasteiger partial charge is 0.342 e. The van der Waals surface area contributed by atoms with E-state index in [2.05, 4.69) is 4.98 Å². The predicted octanol–water partition coefficient (Wildman–Crippen LogP) is 2.83. The monoisotopic (exact) mass is 250 g/mol. The number of hydrogen-bond acceptors (Lipinski definition) is 5. The summed E-state index contributed by atoms with van der Waals surface area (Å²) in [6.07, 6.45) is 3.34. The van der Waals surface area contributed by atoms with Crippen LogP contribution in [0.4, 0.5) is 5.00 Å². The zero-order valence-corrected chi connectivity index (χ0v) is 10.8. The van der Waals surface area contributed by atoms with Crippen LogP contribution >= 0.6 is 11.3 Å². The van der Waals surface area contributed by atoms with E-state index in [1.54, 1.807) is 18.5 Å². The summed E-state index contributed by atoms with van der Waals surface area (Å²) in [5.74, 6) is -0.382. The van der Waals surface area contributed by atoms with Gasteiger partial charge >= 0.3 is 5.97 Å². The third-order valence-electron chi connectivity index (χ3n) is 2.12. The molecule has 0 radical (unpaired) electrons. The number of aromatic nitrogens is 1. The number of carbonyl (C=O) groups excluding carboxylic acids is 1. The highest BCUT2D eigenvalue weighted by Gasteiger charge is 2.23. The molecule has 0 spiro atoms. The summed E-state index contributed by atoms with van der Waals surface area (Å²) in [5, 5.41) is 1.28. The number of fused-ring (bicyclic) bond motifs is 1. The molecule has 2 aromatic heterocycles. The van der Waals surface area contributed by atoms with Gasteiger partial charge < -0.3 is 10.5 Å². The minimum atomic E-state index is -0.523. The van der Waals surface area contributed by atoms with Gasteiger partial charge in [-0.2, -0.15) is 0 Å². The van der Waals surface area contributed by atoms with Crippen molar-refractivity contribution in [2.24, 2.45) is 0 Å². The quantitative estimate of drug-likeness (QED) is 0.790. The summed E-state index contributed by atoms with van der Waals surface area (Å²) in [5.41, 5.74) is 5.79. The van der Waals surface area contributed by atoms with Crippen LogP contribution in [0.3, 0.4) is 0 Å². The van der Waals surface area contributed by atoms with Gasteiger partial charge in [-0.25, -0.2) is 4.79 Å². The van der Waals surface area contributed by atoms with Crippen LogP contribution in [0, 0.1) is 0 Å². The Hall–Kier alpha value is -1.62. The second kappa shape index (κ2) is 4.00. The maximum atomic E-state index is 12.0. The lowest BCUT2D eigenvalue weighted by molar-refractivity contribution is 0.00735. The van der Waals surface area contributed by atoms with Gasteiger partial charge in [0.1, 0.15) is 16.2 Å². The van der Waals surface area contributed by atoms with Crippen molar-refractivity contribution < 1.29 is 9.53 Å². The average molecular weight is 250 g/mol. The largest absolute Gasteiger partial charge is 0.456 e. The van der Waals surface area contributed by atoms with E-state index in [0.29, 0.717) is 10.6 Å². The molecule has 17 heavy (non-hydrogen) atoms. The molecule has 0 atom stereocenters. The second-order valence-electron chi connectivity index (χ2n) is 4.72. The minimum absolute atomic E-state index is 0.382. The van der Waals surface area contributed by atoms with Gasteiger partial charge in [-0.05, 0) is 26.8 Å². The minimum Gasteiger partial charge on any atom is -0.456 e. The van der Waals surface area contributed by atoms with E-state index >= 15 is 0 Å². The third kappa shape index (κ3) is 2.39. The first-order valence-corrected chi connectivity index (χ1v) is 6.05. The molecule has 90 valence electrons. The lowest BCUT2D eigenvalue weighted by Gasteiger charge is -2.19. The van der Waals surface area contributed by atoms with Gasteiger partial charge in [-0.1, -0.05) is 0 Å². The first kappa shape index (κ1) is 11.9. The number of carbonyl (C=O) groups is 1. The lowest BCUT2D eigenvalue weighted by Crippen LogP contribution is -2.24. The van der Waals surface area contributed by atoms with Crippen LogP contribution in [0.1, 0.15) is 31.1 Å². The number of nitrogen functional groups attached to an aromatic ring is 1. The van der Waals surface area contributed by atoms with Gasteiger partial charge in [-0.15, -0.1) is 11.3 Å². The zero-order valence-electron chi connectivity index (χ0n) is 9.98. The van der Waals surface area contributed by atoms with E-state index in [1.165, 1.54) is 11.3 Å². The molecule has 2 aromatic rings.